The second-order valence-electron chi connectivity index (χ2n) is 6.35. The van der Waals surface area contributed by atoms with Gasteiger partial charge in [-0.05, 0) is 25.2 Å². The number of hydrogen-bond donors (Lipinski definition) is 2. The van der Waals surface area contributed by atoms with E-state index in [-0.39, 0.29) is 23.6 Å². The number of hydrogen-bond acceptors (Lipinski definition) is 5. The molecule has 0 radical (unpaired) electrons. The molecule has 21 heavy (non-hydrogen) atoms. The second kappa shape index (κ2) is 5.40. The molecule has 0 aromatic carbocycles. The molecule has 1 saturated carbocycles. The molecule has 0 spiro atoms. The fourth-order valence-electron chi connectivity index (χ4n) is 3.43. The molecule has 3 rings (SSSR count). The fourth-order valence-corrected chi connectivity index (χ4v) is 5.28. The molecule has 8 heteroatoms. The third-order valence-corrected chi connectivity index (χ3v) is 6.36. The molecule has 3 fully saturated rings. The molecule has 0 aromatic heterocycles. The average molecular weight is 318 g/mol. The summed E-state index contributed by atoms with van der Waals surface area (Å²) in [5.74, 6) is 0.351. The number of urea groups is 1. The minimum absolute atomic E-state index is 0.0525. The quantitative estimate of drug-likeness (QED) is 0.721. The highest BCUT2D eigenvalue weighted by molar-refractivity contribution is 7.91. The molecule has 2 N–H and O–H groups in total. The Kier molecular flexibility index (Phi) is 3.87. The van der Waals surface area contributed by atoms with Crippen molar-refractivity contribution >= 4 is 15.9 Å². The summed E-state index contributed by atoms with van der Waals surface area (Å²) in [5.41, 5.74) is 0. The van der Waals surface area contributed by atoms with Crippen LogP contribution in [0.4, 0.5) is 4.79 Å². The lowest BCUT2D eigenvalue weighted by atomic mass is 10.1. The lowest BCUT2D eigenvalue weighted by Crippen LogP contribution is -2.51. The highest BCUT2D eigenvalue weighted by atomic mass is 32.2. The molecular weight excluding hydrogens is 296 g/mol. The van der Waals surface area contributed by atoms with Crippen molar-refractivity contribution in [1.29, 1.82) is 0 Å². The predicted molar refractivity (Wildman–Crippen MR) is 75.6 cm³/mol. The highest BCUT2D eigenvalue weighted by Gasteiger charge is 2.45. The van der Waals surface area contributed by atoms with E-state index in [0.29, 0.717) is 18.9 Å². The van der Waals surface area contributed by atoms with E-state index in [1.807, 2.05) is 0 Å². The number of carbonyl (C=O) groups is 1. The summed E-state index contributed by atoms with van der Waals surface area (Å²) in [6.45, 7) is 0.324. The average Bonchev–Trinajstić information content (AvgIpc) is 3.11. The van der Waals surface area contributed by atoms with Gasteiger partial charge in [-0.25, -0.2) is 13.2 Å². The van der Waals surface area contributed by atoms with E-state index in [2.05, 4.69) is 5.32 Å². The van der Waals surface area contributed by atoms with Crippen molar-refractivity contribution in [1.82, 2.24) is 10.2 Å². The largest absolute Gasteiger partial charge is 0.391 e. The van der Waals surface area contributed by atoms with Crippen LogP contribution in [-0.4, -0.2) is 73.9 Å². The summed E-state index contributed by atoms with van der Waals surface area (Å²) in [6, 6.07) is -0.711. The maximum absolute atomic E-state index is 12.4. The van der Waals surface area contributed by atoms with Crippen LogP contribution in [0.1, 0.15) is 19.3 Å². The van der Waals surface area contributed by atoms with Crippen LogP contribution in [-0.2, 0) is 14.6 Å². The van der Waals surface area contributed by atoms with Crippen molar-refractivity contribution in [3.8, 4) is 0 Å². The van der Waals surface area contributed by atoms with Crippen LogP contribution < -0.4 is 5.32 Å². The summed E-state index contributed by atoms with van der Waals surface area (Å²) in [6.07, 6.45) is 1.84. The Bertz CT molecular complexity index is 519. The summed E-state index contributed by atoms with van der Waals surface area (Å²) in [7, 11) is -1.71. The minimum Gasteiger partial charge on any atom is -0.391 e. The number of aliphatic hydroxyl groups excluding tert-OH is 1. The van der Waals surface area contributed by atoms with Crippen LogP contribution in [0.3, 0.4) is 0 Å². The van der Waals surface area contributed by atoms with Gasteiger partial charge in [-0.15, -0.1) is 0 Å². The van der Waals surface area contributed by atoms with Gasteiger partial charge in [0.05, 0.1) is 29.8 Å². The SMILES string of the molecule is COC1CS(=O)(=O)CC1NC(=O)N1CC(O)CC1C1CC1. The Morgan fingerprint density at radius 1 is 1.33 bits per heavy atom. The first kappa shape index (κ1) is 15.1. The van der Waals surface area contributed by atoms with Gasteiger partial charge in [-0.1, -0.05) is 0 Å². The second-order valence-corrected chi connectivity index (χ2v) is 8.51. The number of nitrogens with zero attached hydrogens (tertiary/aromatic N) is 1. The van der Waals surface area contributed by atoms with E-state index in [4.69, 9.17) is 4.74 Å². The zero-order chi connectivity index (χ0) is 15.2. The standard InChI is InChI=1S/C13H22N2O5S/c1-20-12-7-21(18,19)6-10(12)14-13(17)15-5-9(16)4-11(15)8-2-3-8/h8-12,16H,2-7H2,1H3,(H,14,17). The van der Waals surface area contributed by atoms with Gasteiger partial charge >= 0.3 is 6.03 Å². The van der Waals surface area contributed by atoms with Gasteiger partial charge in [0.1, 0.15) is 0 Å². The third kappa shape index (κ3) is 3.17. The Hall–Kier alpha value is -0.860. The van der Waals surface area contributed by atoms with Crippen molar-refractivity contribution in [2.75, 3.05) is 25.2 Å². The van der Waals surface area contributed by atoms with E-state index in [9.17, 15) is 18.3 Å². The Morgan fingerprint density at radius 3 is 2.67 bits per heavy atom. The molecule has 4 atom stereocenters. The van der Waals surface area contributed by atoms with Gasteiger partial charge in [0.2, 0.25) is 0 Å². The van der Waals surface area contributed by atoms with Crippen LogP contribution in [0, 0.1) is 5.92 Å². The van der Waals surface area contributed by atoms with E-state index < -0.39 is 28.1 Å². The Balaban J connectivity index is 1.65. The number of nitrogens with one attached hydrogen (secondary N) is 1. The Morgan fingerprint density at radius 2 is 2.05 bits per heavy atom. The summed E-state index contributed by atoms with van der Waals surface area (Å²) < 4.78 is 28.5. The molecule has 2 saturated heterocycles. The van der Waals surface area contributed by atoms with Crippen molar-refractivity contribution in [2.24, 2.45) is 5.92 Å². The van der Waals surface area contributed by atoms with Crippen molar-refractivity contribution in [2.45, 2.75) is 43.6 Å². The third-order valence-electron chi connectivity index (χ3n) is 4.66. The molecule has 4 unspecified atom stereocenters. The lowest BCUT2D eigenvalue weighted by molar-refractivity contribution is 0.0964. The first-order valence-corrected chi connectivity index (χ1v) is 9.20. The van der Waals surface area contributed by atoms with E-state index in [1.54, 1.807) is 4.90 Å². The van der Waals surface area contributed by atoms with Gasteiger partial charge < -0.3 is 20.1 Å². The lowest BCUT2D eigenvalue weighted by Gasteiger charge is -2.27. The fraction of sp³-hybridized carbons (Fsp3) is 0.923. The van der Waals surface area contributed by atoms with Gasteiger partial charge in [-0.2, -0.15) is 0 Å². The molecule has 0 aromatic rings. The van der Waals surface area contributed by atoms with E-state index in [1.165, 1.54) is 7.11 Å². The molecule has 7 nitrogen and oxygen atoms in total. The molecule has 3 aliphatic rings. The van der Waals surface area contributed by atoms with Crippen molar-refractivity contribution < 1.29 is 23.1 Å². The normalized spacial score (nSPS) is 38.7. The number of likely N-dealkylation sites (tertiary alicyclic amines) is 1. The van der Waals surface area contributed by atoms with Crippen molar-refractivity contribution in [3.63, 3.8) is 0 Å². The number of sulfone groups is 1. The van der Waals surface area contributed by atoms with Crippen molar-refractivity contribution in [3.05, 3.63) is 0 Å². The smallest absolute Gasteiger partial charge is 0.318 e. The first-order chi connectivity index (χ1) is 9.89. The van der Waals surface area contributed by atoms with Crippen LogP contribution in [0.5, 0.6) is 0 Å². The van der Waals surface area contributed by atoms with Crippen LogP contribution in [0.2, 0.25) is 0 Å². The van der Waals surface area contributed by atoms with Gasteiger partial charge in [0.15, 0.2) is 9.84 Å². The summed E-state index contributed by atoms with van der Waals surface area (Å²) in [5, 5.41) is 12.6. The van der Waals surface area contributed by atoms with E-state index >= 15 is 0 Å². The van der Waals surface area contributed by atoms with Gasteiger partial charge in [-0.3, -0.25) is 0 Å². The topological polar surface area (TPSA) is 95.9 Å². The number of amides is 2. The summed E-state index contributed by atoms with van der Waals surface area (Å²) >= 11 is 0. The summed E-state index contributed by atoms with van der Waals surface area (Å²) in [4.78, 5) is 14.1. The zero-order valence-corrected chi connectivity index (χ0v) is 12.9. The molecule has 1 aliphatic carbocycles. The van der Waals surface area contributed by atoms with Crippen LogP contribution in [0.25, 0.3) is 0 Å². The molecule has 2 aliphatic heterocycles. The monoisotopic (exact) mass is 318 g/mol. The van der Waals surface area contributed by atoms with Crippen LogP contribution >= 0.6 is 0 Å². The van der Waals surface area contributed by atoms with Gasteiger partial charge in [0.25, 0.3) is 0 Å². The number of carbonyl (C=O) groups excluding carboxylic acids is 1. The number of methoxy groups -OCH3 is 1. The van der Waals surface area contributed by atoms with Crippen LogP contribution in [0.15, 0.2) is 0 Å². The number of β-amino-alcohol motifs (C(OH)–C–C–N with tert-alkyl or cyclic N) is 1. The zero-order valence-electron chi connectivity index (χ0n) is 12.1. The molecular formula is C13H22N2O5S. The molecule has 2 heterocycles. The molecule has 0 bridgehead atoms. The minimum atomic E-state index is -3.16. The van der Waals surface area contributed by atoms with Gasteiger partial charge in [0, 0.05) is 19.7 Å². The molecule has 120 valence electrons. The first-order valence-electron chi connectivity index (χ1n) is 7.38. The Labute approximate surface area is 124 Å². The van der Waals surface area contributed by atoms with E-state index in [0.717, 1.165) is 12.8 Å². The maximum Gasteiger partial charge on any atom is 0.318 e. The number of aliphatic hydroxyl groups is 1. The molecule has 2 amide bonds. The maximum atomic E-state index is 12.4. The number of ether oxygens (including phenoxy) is 1. The highest BCUT2D eigenvalue weighted by Crippen LogP contribution is 2.40. The predicted octanol–water partition coefficient (Wildman–Crippen LogP) is -0.647. The number of rotatable bonds is 3.